The molecule has 0 aliphatic carbocycles. The summed E-state index contributed by atoms with van der Waals surface area (Å²) in [6, 6.07) is 9.38. The van der Waals surface area contributed by atoms with E-state index in [-0.39, 0.29) is 11.9 Å². The number of hydrogen-bond donors (Lipinski definition) is 1. The van der Waals surface area contributed by atoms with Gasteiger partial charge in [0.25, 0.3) is 0 Å². The maximum Gasteiger partial charge on any atom is 0.235 e. The van der Waals surface area contributed by atoms with Crippen LogP contribution in [0.1, 0.15) is 18.4 Å². The van der Waals surface area contributed by atoms with Crippen molar-refractivity contribution in [1.29, 1.82) is 0 Å². The molecule has 1 atom stereocenters. The quantitative estimate of drug-likeness (QED) is 0.846. The van der Waals surface area contributed by atoms with Crippen molar-refractivity contribution in [2.45, 2.75) is 25.5 Å². The number of carbonyl (C=O) groups excluding carboxylic acids is 1. The van der Waals surface area contributed by atoms with Crippen LogP contribution in [0, 0.1) is 0 Å². The van der Waals surface area contributed by atoms with E-state index in [1.165, 1.54) is 0 Å². The number of sulfone groups is 1. The SMILES string of the molecule is O=C(CS(=O)(=O)CC1CCCO1)NCc1ccccc1. The molecule has 1 saturated heterocycles. The topological polar surface area (TPSA) is 72.5 Å². The molecule has 1 fully saturated rings. The fourth-order valence-electron chi connectivity index (χ4n) is 2.17. The minimum Gasteiger partial charge on any atom is -0.377 e. The maximum absolute atomic E-state index is 11.9. The average molecular weight is 297 g/mol. The molecule has 1 aromatic carbocycles. The van der Waals surface area contributed by atoms with Crippen molar-refractivity contribution in [2.75, 3.05) is 18.1 Å². The lowest BCUT2D eigenvalue weighted by molar-refractivity contribution is -0.118. The molecule has 5 nitrogen and oxygen atoms in total. The lowest BCUT2D eigenvalue weighted by Gasteiger charge is -2.10. The fourth-order valence-corrected chi connectivity index (χ4v) is 3.61. The van der Waals surface area contributed by atoms with Gasteiger partial charge in [-0.3, -0.25) is 4.79 Å². The van der Waals surface area contributed by atoms with Crippen molar-refractivity contribution in [3.05, 3.63) is 35.9 Å². The molecule has 0 bridgehead atoms. The molecule has 20 heavy (non-hydrogen) atoms. The minimum atomic E-state index is -3.41. The van der Waals surface area contributed by atoms with Crippen molar-refractivity contribution in [2.24, 2.45) is 0 Å². The highest BCUT2D eigenvalue weighted by Crippen LogP contribution is 2.14. The number of benzene rings is 1. The van der Waals surface area contributed by atoms with Crippen molar-refractivity contribution in [3.8, 4) is 0 Å². The fraction of sp³-hybridized carbons (Fsp3) is 0.500. The Morgan fingerprint density at radius 1 is 1.30 bits per heavy atom. The zero-order chi connectivity index (χ0) is 14.4. The molecule has 0 aromatic heterocycles. The third-order valence-corrected chi connectivity index (χ3v) is 4.73. The molecular weight excluding hydrogens is 278 g/mol. The van der Waals surface area contributed by atoms with Gasteiger partial charge in [0.1, 0.15) is 5.75 Å². The van der Waals surface area contributed by atoms with Gasteiger partial charge in [-0.05, 0) is 18.4 Å². The van der Waals surface area contributed by atoms with E-state index < -0.39 is 21.5 Å². The second-order valence-corrected chi connectivity index (χ2v) is 7.06. The summed E-state index contributed by atoms with van der Waals surface area (Å²) in [5.41, 5.74) is 0.942. The Kier molecular flexibility index (Phi) is 5.14. The minimum absolute atomic E-state index is 0.0637. The Morgan fingerprint density at radius 3 is 2.70 bits per heavy atom. The Morgan fingerprint density at radius 2 is 2.05 bits per heavy atom. The van der Waals surface area contributed by atoms with E-state index in [1.54, 1.807) is 0 Å². The highest BCUT2D eigenvalue weighted by molar-refractivity contribution is 7.92. The maximum atomic E-state index is 11.9. The monoisotopic (exact) mass is 297 g/mol. The lowest BCUT2D eigenvalue weighted by atomic mass is 10.2. The first-order valence-corrected chi connectivity index (χ1v) is 8.50. The van der Waals surface area contributed by atoms with Crippen LogP contribution in [0.4, 0.5) is 0 Å². The standard InChI is InChI=1S/C14H19NO4S/c16-14(15-9-12-5-2-1-3-6-12)11-20(17,18)10-13-7-4-8-19-13/h1-3,5-6,13H,4,7-11H2,(H,15,16). The molecule has 1 aliphatic rings. The number of ether oxygens (including phenoxy) is 1. The molecule has 1 N–H and O–H groups in total. The normalized spacial score (nSPS) is 18.9. The van der Waals surface area contributed by atoms with Gasteiger partial charge in [-0.2, -0.15) is 0 Å². The van der Waals surface area contributed by atoms with Crippen molar-refractivity contribution in [3.63, 3.8) is 0 Å². The van der Waals surface area contributed by atoms with Crippen LogP contribution in [0.5, 0.6) is 0 Å². The summed E-state index contributed by atoms with van der Waals surface area (Å²) < 4.78 is 29.0. The second-order valence-electron chi connectivity index (χ2n) is 4.95. The highest BCUT2D eigenvalue weighted by atomic mass is 32.2. The van der Waals surface area contributed by atoms with Crippen molar-refractivity contribution >= 4 is 15.7 Å². The van der Waals surface area contributed by atoms with Gasteiger partial charge in [-0.25, -0.2) is 8.42 Å². The number of nitrogens with one attached hydrogen (secondary N) is 1. The van der Waals surface area contributed by atoms with Crippen LogP contribution in [0.25, 0.3) is 0 Å². The lowest BCUT2D eigenvalue weighted by Crippen LogP contribution is -2.33. The van der Waals surface area contributed by atoms with Crippen LogP contribution in [-0.4, -0.2) is 38.5 Å². The Balaban J connectivity index is 1.78. The largest absolute Gasteiger partial charge is 0.377 e. The summed E-state index contributed by atoms with van der Waals surface area (Å²) in [7, 11) is -3.41. The molecule has 0 spiro atoms. The van der Waals surface area contributed by atoms with Gasteiger partial charge in [0, 0.05) is 13.2 Å². The number of rotatable bonds is 6. The van der Waals surface area contributed by atoms with E-state index in [9.17, 15) is 13.2 Å². The van der Waals surface area contributed by atoms with Gasteiger partial charge in [-0.15, -0.1) is 0 Å². The first kappa shape index (κ1) is 15.0. The van der Waals surface area contributed by atoms with Crippen LogP contribution in [0.3, 0.4) is 0 Å². The smallest absolute Gasteiger partial charge is 0.235 e. The summed E-state index contributed by atoms with van der Waals surface area (Å²) in [5, 5.41) is 2.62. The Bertz CT molecular complexity index is 536. The second kappa shape index (κ2) is 6.85. The Hall–Kier alpha value is -1.40. The summed E-state index contributed by atoms with van der Waals surface area (Å²) in [6.07, 6.45) is 1.40. The van der Waals surface area contributed by atoms with Gasteiger partial charge in [-0.1, -0.05) is 30.3 Å². The zero-order valence-corrected chi connectivity index (χ0v) is 12.1. The molecule has 1 aliphatic heterocycles. The average Bonchev–Trinajstić information content (AvgIpc) is 2.89. The number of amides is 1. The van der Waals surface area contributed by atoms with E-state index >= 15 is 0 Å². The molecule has 1 heterocycles. The summed E-state index contributed by atoms with van der Waals surface area (Å²) in [5.74, 6) is -1.00. The predicted octanol–water partition coefficient (Wildman–Crippen LogP) is 0.897. The van der Waals surface area contributed by atoms with E-state index in [2.05, 4.69) is 5.32 Å². The van der Waals surface area contributed by atoms with E-state index in [0.29, 0.717) is 13.2 Å². The van der Waals surface area contributed by atoms with Crippen LogP contribution in [0.2, 0.25) is 0 Å². The third kappa shape index (κ3) is 4.94. The van der Waals surface area contributed by atoms with Crippen LogP contribution >= 0.6 is 0 Å². The van der Waals surface area contributed by atoms with Crippen LogP contribution in [0.15, 0.2) is 30.3 Å². The molecule has 0 saturated carbocycles. The van der Waals surface area contributed by atoms with Gasteiger partial charge in [0.05, 0.1) is 11.9 Å². The van der Waals surface area contributed by atoms with Crippen LogP contribution < -0.4 is 5.32 Å². The highest BCUT2D eigenvalue weighted by Gasteiger charge is 2.25. The zero-order valence-electron chi connectivity index (χ0n) is 11.2. The summed E-state index contributed by atoms with van der Waals surface area (Å²) >= 11 is 0. The van der Waals surface area contributed by atoms with E-state index in [4.69, 9.17) is 4.74 Å². The first-order chi connectivity index (χ1) is 9.55. The van der Waals surface area contributed by atoms with Gasteiger partial charge in [0.2, 0.25) is 5.91 Å². The Labute approximate surface area is 119 Å². The number of hydrogen-bond acceptors (Lipinski definition) is 4. The van der Waals surface area contributed by atoms with E-state index in [0.717, 1.165) is 18.4 Å². The molecule has 6 heteroatoms. The van der Waals surface area contributed by atoms with Gasteiger partial charge >= 0.3 is 0 Å². The van der Waals surface area contributed by atoms with Gasteiger partial charge in [0.15, 0.2) is 9.84 Å². The van der Waals surface area contributed by atoms with Crippen LogP contribution in [-0.2, 0) is 25.9 Å². The summed E-state index contributed by atoms with van der Waals surface area (Å²) in [6.45, 7) is 0.954. The number of carbonyl (C=O) groups is 1. The molecule has 1 aromatic rings. The molecule has 2 rings (SSSR count). The van der Waals surface area contributed by atoms with E-state index in [1.807, 2.05) is 30.3 Å². The molecule has 110 valence electrons. The predicted molar refractivity (Wildman–Crippen MR) is 75.9 cm³/mol. The summed E-state index contributed by atoms with van der Waals surface area (Å²) in [4.78, 5) is 11.7. The third-order valence-electron chi connectivity index (χ3n) is 3.15. The molecular formula is C14H19NO4S. The molecule has 0 radical (unpaired) electrons. The first-order valence-electron chi connectivity index (χ1n) is 6.68. The molecule has 1 unspecified atom stereocenters. The molecule has 1 amide bonds. The van der Waals surface area contributed by atoms with Gasteiger partial charge < -0.3 is 10.1 Å². The van der Waals surface area contributed by atoms with Crippen molar-refractivity contribution < 1.29 is 17.9 Å². The van der Waals surface area contributed by atoms with Crippen molar-refractivity contribution in [1.82, 2.24) is 5.32 Å².